The second-order valence-electron chi connectivity index (χ2n) is 6.29. The summed E-state index contributed by atoms with van der Waals surface area (Å²) in [5, 5.41) is 3.04. The molecule has 1 atom stereocenters. The van der Waals surface area contributed by atoms with Crippen LogP contribution >= 0.6 is 0 Å². The molecule has 5 nitrogen and oxygen atoms in total. The molecule has 122 valence electrons. The molecule has 1 unspecified atom stereocenters. The first-order valence-electron chi connectivity index (χ1n) is 8.33. The summed E-state index contributed by atoms with van der Waals surface area (Å²) in [5.41, 5.74) is 1.50. The van der Waals surface area contributed by atoms with Gasteiger partial charge in [0.2, 0.25) is 0 Å². The number of likely N-dealkylation sites (tertiary alicyclic amines) is 1. The molecule has 0 saturated carbocycles. The van der Waals surface area contributed by atoms with Crippen LogP contribution in [0.25, 0.3) is 11.4 Å². The Morgan fingerprint density at radius 2 is 2.30 bits per heavy atom. The Morgan fingerprint density at radius 3 is 3.09 bits per heavy atom. The molecule has 1 aliphatic heterocycles. The number of H-pyrrole nitrogens is 1. The van der Waals surface area contributed by atoms with Crippen LogP contribution in [-0.4, -0.2) is 47.0 Å². The van der Waals surface area contributed by atoms with E-state index in [-0.39, 0.29) is 5.91 Å². The Kier molecular flexibility index (Phi) is 5.08. The van der Waals surface area contributed by atoms with Gasteiger partial charge in [-0.1, -0.05) is 25.1 Å². The lowest BCUT2D eigenvalue weighted by molar-refractivity contribution is 0.0944. The van der Waals surface area contributed by atoms with Crippen LogP contribution in [0.3, 0.4) is 0 Å². The fraction of sp³-hybridized carbons (Fsp3) is 0.444. The molecule has 1 aliphatic rings. The van der Waals surface area contributed by atoms with E-state index >= 15 is 0 Å². The summed E-state index contributed by atoms with van der Waals surface area (Å²) in [6, 6.07) is 7.56. The number of rotatable bonds is 5. The fourth-order valence-electron chi connectivity index (χ4n) is 3.21. The standard InChI is InChI=1S/C18H24N4O/c1-14-5-4-11-22(13-14)12-10-21-18(23)16-7-3-2-6-15(16)17-19-8-9-20-17/h2-3,6-9,14H,4-5,10-13H2,1H3,(H,19,20)(H,21,23). The largest absolute Gasteiger partial charge is 0.351 e. The number of hydrogen-bond donors (Lipinski definition) is 2. The van der Waals surface area contributed by atoms with Gasteiger partial charge < -0.3 is 15.2 Å². The minimum absolute atomic E-state index is 0.0398. The normalized spacial score (nSPS) is 18.7. The van der Waals surface area contributed by atoms with E-state index in [4.69, 9.17) is 0 Å². The van der Waals surface area contributed by atoms with Gasteiger partial charge in [-0.25, -0.2) is 4.98 Å². The van der Waals surface area contributed by atoms with Crippen LogP contribution in [0.1, 0.15) is 30.1 Å². The SMILES string of the molecule is CC1CCCN(CCNC(=O)c2ccccc2-c2ncc[nH]2)C1. The van der Waals surface area contributed by atoms with Crippen LogP contribution in [0.4, 0.5) is 0 Å². The maximum atomic E-state index is 12.5. The van der Waals surface area contributed by atoms with Gasteiger partial charge in [0, 0.05) is 37.6 Å². The van der Waals surface area contributed by atoms with Crippen molar-refractivity contribution in [2.24, 2.45) is 5.92 Å². The van der Waals surface area contributed by atoms with Crippen molar-refractivity contribution >= 4 is 5.91 Å². The van der Waals surface area contributed by atoms with E-state index < -0.39 is 0 Å². The van der Waals surface area contributed by atoms with Gasteiger partial charge in [0.05, 0.1) is 5.56 Å². The third-order valence-corrected chi connectivity index (χ3v) is 4.38. The molecule has 0 radical (unpaired) electrons. The van der Waals surface area contributed by atoms with Crippen LogP contribution < -0.4 is 5.32 Å². The monoisotopic (exact) mass is 312 g/mol. The topological polar surface area (TPSA) is 61.0 Å². The average Bonchev–Trinajstić information content (AvgIpc) is 3.09. The van der Waals surface area contributed by atoms with Gasteiger partial charge in [0.15, 0.2) is 0 Å². The number of carbonyl (C=O) groups excluding carboxylic acids is 1. The number of nitrogens with one attached hydrogen (secondary N) is 2. The van der Waals surface area contributed by atoms with E-state index in [1.165, 1.54) is 12.8 Å². The molecular formula is C18H24N4O. The first-order valence-corrected chi connectivity index (χ1v) is 8.33. The molecule has 1 amide bonds. The quantitative estimate of drug-likeness (QED) is 0.892. The van der Waals surface area contributed by atoms with Gasteiger partial charge in [0.25, 0.3) is 5.91 Å². The summed E-state index contributed by atoms with van der Waals surface area (Å²) < 4.78 is 0. The summed E-state index contributed by atoms with van der Waals surface area (Å²) in [7, 11) is 0. The highest BCUT2D eigenvalue weighted by Crippen LogP contribution is 2.19. The van der Waals surface area contributed by atoms with Crippen molar-refractivity contribution in [1.82, 2.24) is 20.2 Å². The van der Waals surface area contributed by atoms with E-state index in [1.54, 1.807) is 12.4 Å². The lowest BCUT2D eigenvalue weighted by Crippen LogP contribution is -2.40. The molecule has 0 aliphatic carbocycles. The minimum atomic E-state index is -0.0398. The van der Waals surface area contributed by atoms with E-state index in [0.717, 1.165) is 36.9 Å². The lowest BCUT2D eigenvalue weighted by Gasteiger charge is -2.30. The van der Waals surface area contributed by atoms with Crippen LogP contribution in [0, 0.1) is 5.92 Å². The summed E-state index contributed by atoms with van der Waals surface area (Å²) in [6.07, 6.45) is 6.04. The number of aromatic nitrogens is 2. The Labute approximate surface area is 137 Å². The Hall–Kier alpha value is -2.14. The molecule has 1 fully saturated rings. The van der Waals surface area contributed by atoms with Gasteiger partial charge in [-0.2, -0.15) is 0 Å². The van der Waals surface area contributed by atoms with Crippen LogP contribution in [0.5, 0.6) is 0 Å². The summed E-state index contributed by atoms with van der Waals surface area (Å²) in [6.45, 7) is 6.17. The molecule has 1 aromatic carbocycles. The first kappa shape index (κ1) is 15.7. The first-order chi connectivity index (χ1) is 11.2. The number of piperidine rings is 1. The molecule has 3 rings (SSSR count). The van der Waals surface area contributed by atoms with E-state index in [9.17, 15) is 4.79 Å². The smallest absolute Gasteiger partial charge is 0.252 e. The summed E-state index contributed by atoms with van der Waals surface area (Å²) in [4.78, 5) is 22.2. The van der Waals surface area contributed by atoms with E-state index in [1.807, 2.05) is 24.3 Å². The maximum absolute atomic E-state index is 12.5. The van der Waals surface area contributed by atoms with Crippen molar-refractivity contribution in [3.63, 3.8) is 0 Å². The predicted octanol–water partition coefficient (Wildman–Crippen LogP) is 2.54. The van der Waals surface area contributed by atoms with Crippen LogP contribution in [-0.2, 0) is 0 Å². The highest BCUT2D eigenvalue weighted by Gasteiger charge is 2.17. The molecule has 23 heavy (non-hydrogen) atoms. The molecule has 5 heteroatoms. The zero-order chi connectivity index (χ0) is 16.1. The highest BCUT2D eigenvalue weighted by atomic mass is 16.1. The van der Waals surface area contributed by atoms with Crippen molar-refractivity contribution in [2.45, 2.75) is 19.8 Å². The molecule has 0 bridgehead atoms. The van der Waals surface area contributed by atoms with Gasteiger partial charge in [0.1, 0.15) is 5.82 Å². The van der Waals surface area contributed by atoms with Gasteiger partial charge >= 0.3 is 0 Å². The van der Waals surface area contributed by atoms with Crippen molar-refractivity contribution < 1.29 is 4.79 Å². The zero-order valence-corrected chi connectivity index (χ0v) is 13.6. The fourth-order valence-corrected chi connectivity index (χ4v) is 3.21. The number of aromatic amines is 1. The van der Waals surface area contributed by atoms with E-state index in [0.29, 0.717) is 12.1 Å². The summed E-state index contributed by atoms with van der Waals surface area (Å²) >= 11 is 0. The molecule has 2 heterocycles. The predicted molar refractivity (Wildman–Crippen MR) is 91.2 cm³/mol. The molecule has 2 aromatic rings. The third-order valence-electron chi connectivity index (χ3n) is 4.38. The van der Waals surface area contributed by atoms with Crippen molar-refractivity contribution in [2.75, 3.05) is 26.2 Å². The van der Waals surface area contributed by atoms with E-state index in [2.05, 4.69) is 27.1 Å². The third kappa shape index (κ3) is 3.99. The molecule has 1 aromatic heterocycles. The van der Waals surface area contributed by atoms with Gasteiger partial charge in [-0.05, 0) is 31.4 Å². The Balaban J connectivity index is 1.59. The zero-order valence-electron chi connectivity index (χ0n) is 13.6. The number of nitrogens with zero attached hydrogens (tertiary/aromatic N) is 2. The molecule has 1 saturated heterocycles. The number of carbonyl (C=O) groups is 1. The maximum Gasteiger partial charge on any atom is 0.252 e. The highest BCUT2D eigenvalue weighted by molar-refractivity contribution is 6.00. The Bertz CT molecular complexity index is 638. The minimum Gasteiger partial charge on any atom is -0.351 e. The average molecular weight is 312 g/mol. The Morgan fingerprint density at radius 1 is 1.43 bits per heavy atom. The van der Waals surface area contributed by atoms with Crippen LogP contribution in [0.15, 0.2) is 36.7 Å². The molecular weight excluding hydrogens is 288 g/mol. The summed E-state index contributed by atoms with van der Waals surface area (Å²) in [5.74, 6) is 1.45. The number of amides is 1. The number of benzene rings is 1. The lowest BCUT2D eigenvalue weighted by atomic mass is 10.0. The number of imidazole rings is 1. The van der Waals surface area contributed by atoms with Crippen LogP contribution in [0.2, 0.25) is 0 Å². The second-order valence-corrected chi connectivity index (χ2v) is 6.29. The molecule has 2 N–H and O–H groups in total. The van der Waals surface area contributed by atoms with Crippen molar-refractivity contribution in [3.8, 4) is 11.4 Å². The number of hydrogen-bond acceptors (Lipinski definition) is 3. The van der Waals surface area contributed by atoms with Gasteiger partial charge in [-0.3, -0.25) is 4.79 Å². The molecule has 0 spiro atoms. The van der Waals surface area contributed by atoms with Crippen molar-refractivity contribution in [1.29, 1.82) is 0 Å². The van der Waals surface area contributed by atoms with Crippen molar-refractivity contribution in [3.05, 3.63) is 42.2 Å². The van der Waals surface area contributed by atoms with Gasteiger partial charge in [-0.15, -0.1) is 0 Å². The second kappa shape index (κ2) is 7.42.